The van der Waals surface area contributed by atoms with Crippen LogP contribution in [0.2, 0.25) is 5.54 Å². The van der Waals surface area contributed by atoms with Gasteiger partial charge in [-0.05, 0) is 17.7 Å². The van der Waals surface area contributed by atoms with Crippen molar-refractivity contribution in [3.8, 4) is 0 Å². The van der Waals surface area contributed by atoms with Gasteiger partial charge in [0.15, 0.2) is 0 Å². The van der Waals surface area contributed by atoms with E-state index in [-0.39, 0.29) is 21.3 Å². The Bertz CT molecular complexity index is 305. The zero-order chi connectivity index (χ0) is 11.1. The molecule has 4 nitrogen and oxygen atoms in total. The minimum Gasteiger partial charge on any atom is -0.469 e. The number of rotatable bonds is 5. The van der Waals surface area contributed by atoms with Crippen molar-refractivity contribution in [3.63, 3.8) is 0 Å². The summed E-state index contributed by atoms with van der Waals surface area (Å²) in [6, 6.07) is 3.76. The van der Waals surface area contributed by atoms with E-state index in [0.29, 0.717) is 6.61 Å². The topological polar surface area (TPSA) is 48.4 Å². The first kappa shape index (κ1) is 11.9. The van der Waals surface area contributed by atoms with Crippen molar-refractivity contribution >= 4 is 15.7 Å². The molecule has 0 amide bonds. The van der Waals surface area contributed by atoms with E-state index in [1.165, 1.54) is 7.11 Å². The van der Waals surface area contributed by atoms with E-state index in [4.69, 9.17) is 4.43 Å². The van der Waals surface area contributed by atoms with Crippen molar-refractivity contribution in [1.82, 2.24) is 4.98 Å². The Labute approximate surface area is 91.6 Å². The first-order valence-electron chi connectivity index (χ1n) is 4.58. The minimum absolute atomic E-state index is 0.124. The second kappa shape index (κ2) is 6.31. The second-order valence-corrected chi connectivity index (χ2v) is 4.40. The van der Waals surface area contributed by atoms with Crippen LogP contribution in [0.1, 0.15) is 12.5 Å². The molecule has 2 radical (unpaired) electrons. The average molecular weight is 223 g/mol. The molecule has 1 rings (SSSR count). The zero-order valence-electron chi connectivity index (χ0n) is 8.77. The molecule has 1 aromatic rings. The number of methoxy groups -OCH3 is 1. The molecule has 1 aromatic heterocycles. The van der Waals surface area contributed by atoms with Crippen molar-refractivity contribution in [2.45, 2.75) is 19.1 Å². The van der Waals surface area contributed by atoms with Crippen molar-refractivity contribution in [1.29, 1.82) is 0 Å². The summed E-state index contributed by atoms with van der Waals surface area (Å²) >= 11 is 0. The summed E-state index contributed by atoms with van der Waals surface area (Å²) in [5.41, 5.74) is 0.853. The lowest BCUT2D eigenvalue weighted by Crippen LogP contribution is -2.16. The Hall–Kier alpha value is -1.20. The monoisotopic (exact) mass is 223 g/mol. The van der Waals surface area contributed by atoms with Crippen LogP contribution in [0.4, 0.5) is 0 Å². The molecule has 1 heterocycles. The summed E-state index contributed by atoms with van der Waals surface area (Å²) in [7, 11) is 1.50. The van der Waals surface area contributed by atoms with Gasteiger partial charge in [0.1, 0.15) is 0 Å². The molecule has 0 aliphatic heterocycles. The fourth-order valence-corrected chi connectivity index (χ4v) is 1.67. The van der Waals surface area contributed by atoms with Crippen LogP contribution in [0, 0.1) is 0 Å². The Morgan fingerprint density at radius 3 is 2.80 bits per heavy atom. The number of pyridine rings is 1. The van der Waals surface area contributed by atoms with Crippen molar-refractivity contribution < 1.29 is 14.0 Å². The van der Waals surface area contributed by atoms with Crippen LogP contribution >= 0.6 is 0 Å². The summed E-state index contributed by atoms with van der Waals surface area (Å²) in [4.78, 5) is 15.0. The molecule has 0 fully saturated rings. The van der Waals surface area contributed by atoms with Gasteiger partial charge in [-0.2, -0.15) is 0 Å². The molecule has 0 unspecified atom stereocenters. The Balaban J connectivity index is 2.25. The van der Waals surface area contributed by atoms with Gasteiger partial charge in [-0.3, -0.25) is 9.78 Å². The fraction of sp³-hybridized carbons (Fsp3) is 0.400. The van der Waals surface area contributed by atoms with Crippen LogP contribution < -0.4 is 0 Å². The number of carbonyl (C=O) groups is 1. The fourth-order valence-electron chi connectivity index (χ4n) is 0.954. The molecule has 0 aliphatic rings. The third-order valence-corrected chi connectivity index (χ3v) is 2.70. The predicted molar refractivity (Wildman–Crippen MR) is 56.2 cm³/mol. The number of aromatic nitrogens is 1. The Kier molecular flexibility index (Phi) is 4.99. The van der Waals surface area contributed by atoms with E-state index in [2.05, 4.69) is 9.72 Å². The lowest BCUT2D eigenvalue weighted by Gasteiger charge is -2.07. The van der Waals surface area contributed by atoms with E-state index < -0.39 is 0 Å². The van der Waals surface area contributed by atoms with Gasteiger partial charge in [-0.15, -0.1) is 0 Å². The Morgan fingerprint density at radius 2 is 2.20 bits per heavy atom. The van der Waals surface area contributed by atoms with E-state index in [1.807, 2.05) is 12.1 Å². The maximum Gasteiger partial charge on any atom is 0.307 e. The molecule has 0 aliphatic carbocycles. The molecule has 1 atom stereocenters. The number of hydrogen-bond donors (Lipinski definition) is 0. The van der Waals surface area contributed by atoms with Gasteiger partial charge in [0.2, 0.25) is 9.76 Å². The van der Waals surface area contributed by atoms with Gasteiger partial charge in [0.25, 0.3) is 0 Å². The third kappa shape index (κ3) is 4.22. The SMILES string of the molecule is COC(=O)[C@H](C)[Si]OCc1ccncc1. The minimum atomic E-state index is -0.233. The van der Waals surface area contributed by atoms with Crippen LogP contribution in [-0.2, 0) is 20.6 Å². The quantitative estimate of drug-likeness (QED) is 0.556. The van der Waals surface area contributed by atoms with Crippen LogP contribution in [0.3, 0.4) is 0 Å². The molecule has 0 saturated heterocycles. The maximum atomic E-state index is 11.0. The first-order chi connectivity index (χ1) is 7.24. The van der Waals surface area contributed by atoms with E-state index in [9.17, 15) is 4.79 Å². The van der Waals surface area contributed by atoms with Crippen LogP contribution in [0.25, 0.3) is 0 Å². The number of nitrogens with zero attached hydrogens (tertiary/aromatic N) is 1. The molecule has 0 N–H and O–H groups in total. The molecule has 80 valence electrons. The van der Waals surface area contributed by atoms with Crippen LogP contribution in [0.15, 0.2) is 24.5 Å². The summed E-state index contributed by atoms with van der Waals surface area (Å²) in [5.74, 6) is -0.233. The molecule has 0 spiro atoms. The van der Waals surface area contributed by atoms with Crippen molar-refractivity contribution in [2.75, 3.05) is 7.11 Å². The second-order valence-electron chi connectivity index (χ2n) is 3.01. The van der Waals surface area contributed by atoms with Gasteiger partial charge in [-0.25, -0.2) is 0 Å². The highest BCUT2D eigenvalue weighted by atomic mass is 28.2. The van der Waals surface area contributed by atoms with Crippen molar-refractivity contribution in [2.24, 2.45) is 0 Å². The van der Waals surface area contributed by atoms with Gasteiger partial charge in [0, 0.05) is 12.4 Å². The predicted octanol–water partition coefficient (Wildman–Crippen LogP) is 1.20. The third-order valence-electron chi connectivity index (χ3n) is 1.80. The van der Waals surface area contributed by atoms with Gasteiger partial charge < -0.3 is 9.16 Å². The highest BCUT2D eigenvalue weighted by Crippen LogP contribution is 2.06. The molecule has 15 heavy (non-hydrogen) atoms. The summed E-state index contributed by atoms with van der Waals surface area (Å²) in [6.07, 6.45) is 3.43. The van der Waals surface area contributed by atoms with Gasteiger partial charge >= 0.3 is 5.97 Å². The van der Waals surface area contributed by atoms with Crippen LogP contribution in [0.5, 0.6) is 0 Å². The number of carbonyl (C=O) groups excluding carboxylic acids is 1. The normalized spacial score (nSPS) is 12.1. The highest BCUT2D eigenvalue weighted by Gasteiger charge is 2.15. The highest BCUT2D eigenvalue weighted by molar-refractivity contribution is 6.36. The standard InChI is InChI=1S/C10H13NO3Si/c1-8(10(12)13-2)15-14-7-9-3-5-11-6-4-9/h3-6,8H,7H2,1-2H3/t8-/m0/s1. The summed E-state index contributed by atoms with van der Waals surface area (Å²) in [5, 5.41) is 0. The van der Waals surface area contributed by atoms with Gasteiger partial charge in [0.05, 0.1) is 19.3 Å². The lowest BCUT2D eigenvalue weighted by molar-refractivity contribution is -0.140. The molecule has 0 aromatic carbocycles. The molecule has 0 saturated carbocycles. The van der Waals surface area contributed by atoms with Crippen LogP contribution in [-0.4, -0.2) is 27.8 Å². The summed E-state index contributed by atoms with van der Waals surface area (Å²) < 4.78 is 10.00. The molecular weight excluding hydrogens is 210 g/mol. The number of esters is 1. The maximum absolute atomic E-state index is 11.0. The van der Waals surface area contributed by atoms with E-state index in [1.54, 1.807) is 19.3 Å². The molecule has 5 heteroatoms. The molecule has 0 bridgehead atoms. The van der Waals surface area contributed by atoms with Crippen molar-refractivity contribution in [3.05, 3.63) is 30.1 Å². The number of ether oxygens (including phenoxy) is 1. The smallest absolute Gasteiger partial charge is 0.307 e. The molecular formula is C10H13NO3Si. The lowest BCUT2D eigenvalue weighted by atomic mass is 10.3. The zero-order valence-corrected chi connectivity index (χ0v) is 9.77. The van der Waals surface area contributed by atoms with E-state index in [0.717, 1.165) is 5.56 Å². The Morgan fingerprint density at radius 1 is 1.53 bits per heavy atom. The summed E-state index contributed by atoms with van der Waals surface area (Å²) in [6.45, 7) is 2.29. The van der Waals surface area contributed by atoms with Gasteiger partial charge in [-0.1, -0.05) is 6.92 Å². The first-order valence-corrected chi connectivity index (χ1v) is 5.56. The average Bonchev–Trinajstić information content (AvgIpc) is 2.29. The van der Waals surface area contributed by atoms with E-state index >= 15 is 0 Å². The largest absolute Gasteiger partial charge is 0.469 e. The number of hydrogen-bond acceptors (Lipinski definition) is 4.